The van der Waals surface area contributed by atoms with E-state index in [2.05, 4.69) is 20.3 Å². The quantitative estimate of drug-likeness (QED) is 0.502. The summed E-state index contributed by atoms with van der Waals surface area (Å²) in [5.74, 6) is 1.23. The molecule has 0 aliphatic heterocycles. The minimum atomic E-state index is -4.38. The van der Waals surface area contributed by atoms with E-state index >= 15 is 0 Å². The molecule has 1 aromatic carbocycles. The molecule has 0 saturated heterocycles. The maximum Gasteiger partial charge on any atom is 0.416 e. The third-order valence-electron chi connectivity index (χ3n) is 4.42. The molecule has 0 fully saturated rings. The van der Waals surface area contributed by atoms with Crippen molar-refractivity contribution in [2.24, 2.45) is 0 Å². The van der Waals surface area contributed by atoms with Crippen LogP contribution in [0.3, 0.4) is 0 Å². The normalized spacial score (nSPS) is 11.4. The summed E-state index contributed by atoms with van der Waals surface area (Å²) in [7, 11) is 0. The van der Waals surface area contributed by atoms with Crippen molar-refractivity contribution in [3.05, 3.63) is 70.3 Å². The lowest BCUT2D eigenvalue weighted by Gasteiger charge is -2.12. The van der Waals surface area contributed by atoms with Crippen molar-refractivity contribution in [3.8, 4) is 11.6 Å². The Labute approximate surface area is 177 Å². The molecule has 2 heterocycles. The van der Waals surface area contributed by atoms with Gasteiger partial charge in [0, 0.05) is 18.8 Å². The molecule has 0 bridgehead atoms. The van der Waals surface area contributed by atoms with Gasteiger partial charge in [0.05, 0.1) is 11.3 Å². The molecule has 3 aromatic rings. The highest BCUT2D eigenvalue weighted by atomic mass is 35.5. The van der Waals surface area contributed by atoms with Crippen LogP contribution < -0.4 is 10.1 Å². The largest absolute Gasteiger partial charge is 0.439 e. The lowest BCUT2D eigenvalue weighted by Crippen LogP contribution is -2.08. The highest BCUT2D eigenvalue weighted by Crippen LogP contribution is 2.33. The van der Waals surface area contributed by atoms with Crippen LogP contribution in [0, 0.1) is 6.92 Å². The van der Waals surface area contributed by atoms with E-state index in [1.165, 1.54) is 12.4 Å². The van der Waals surface area contributed by atoms with Gasteiger partial charge in [-0.05, 0) is 49.1 Å². The first-order valence-electron chi connectivity index (χ1n) is 9.31. The maximum atomic E-state index is 12.8. The van der Waals surface area contributed by atoms with Gasteiger partial charge < -0.3 is 10.1 Å². The van der Waals surface area contributed by atoms with E-state index in [9.17, 15) is 13.2 Å². The highest BCUT2D eigenvalue weighted by molar-refractivity contribution is 6.33. The first kappa shape index (κ1) is 21.8. The number of aryl methyl sites for hydroxylation is 2. The second-order valence-electron chi connectivity index (χ2n) is 6.60. The minimum Gasteiger partial charge on any atom is -0.439 e. The number of nitrogens with one attached hydrogen (secondary N) is 1. The highest BCUT2D eigenvalue weighted by Gasteiger charge is 2.30. The van der Waals surface area contributed by atoms with Gasteiger partial charge in [-0.3, -0.25) is 0 Å². The van der Waals surface area contributed by atoms with Crippen LogP contribution in [-0.4, -0.2) is 21.5 Å². The van der Waals surface area contributed by atoms with Crippen molar-refractivity contribution in [1.29, 1.82) is 0 Å². The lowest BCUT2D eigenvalue weighted by atomic mass is 10.1. The van der Waals surface area contributed by atoms with Crippen LogP contribution in [0.25, 0.3) is 0 Å². The molecule has 0 radical (unpaired) electrons. The van der Waals surface area contributed by atoms with Crippen LogP contribution >= 0.6 is 11.6 Å². The summed E-state index contributed by atoms with van der Waals surface area (Å²) in [4.78, 5) is 12.5. The standard InChI is InChI=1S/C21H20ClF3N4O/c1-3-16-19(22)20(29-12-28-16)26-9-8-14-4-7-18(27-11-14)30-17-6-5-15(10-13(17)2)21(23,24)25/h4-7,10-12H,3,8-9H2,1-2H3,(H,26,28,29). The number of alkyl halides is 3. The van der Waals surface area contributed by atoms with Crippen molar-refractivity contribution >= 4 is 17.4 Å². The summed E-state index contributed by atoms with van der Waals surface area (Å²) in [6, 6.07) is 6.87. The molecular weight excluding hydrogens is 417 g/mol. The zero-order chi connectivity index (χ0) is 21.7. The molecule has 158 valence electrons. The fourth-order valence-corrected chi connectivity index (χ4v) is 3.07. The van der Waals surface area contributed by atoms with Gasteiger partial charge in [0.1, 0.15) is 22.9 Å². The Balaban J connectivity index is 1.58. The van der Waals surface area contributed by atoms with Gasteiger partial charge in [-0.1, -0.05) is 24.6 Å². The second kappa shape index (κ2) is 9.30. The van der Waals surface area contributed by atoms with Gasteiger partial charge in [-0.15, -0.1) is 0 Å². The monoisotopic (exact) mass is 436 g/mol. The van der Waals surface area contributed by atoms with Crippen molar-refractivity contribution in [3.63, 3.8) is 0 Å². The van der Waals surface area contributed by atoms with Crippen molar-refractivity contribution in [2.45, 2.75) is 32.9 Å². The van der Waals surface area contributed by atoms with E-state index in [0.29, 0.717) is 41.0 Å². The predicted octanol–water partition coefficient (Wildman–Crippen LogP) is 5.86. The van der Waals surface area contributed by atoms with Gasteiger partial charge >= 0.3 is 6.18 Å². The number of hydrogen-bond donors (Lipinski definition) is 1. The average molecular weight is 437 g/mol. The smallest absolute Gasteiger partial charge is 0.416 e. The number of hydrogen-bond acceptors (Lipinski definition) is 5. The van der Waals surface area contributed by atoms with Gasteiger partial charge in [0.25, 0.3) is 0 Å². The third-order valence-corrected chi connectivity index (χ3v) is 4.81. The van der Waals surface area contributed by atoms with E-state index in [1.807, 2.05) is 13.0 Å². The predicted molar refractivity (Wildman–Crippen MR) is 109 cm³/mol. The van der Waals surface area contributed by atoms with E-state index in [-0.39, 0.29) is 0 Å². The first-order valence-corrected chi connectivity index (χ1v) is 9.69. The van der Waals surface area contributed by atoms with Gasteiger partial charge in [-0.25, -0.2) is 15.0 Å². The summed E-state index contributed by atoms with van der Waals surface area (Å²) >= 11 is 6.26. The topological polar surface area (TPSA) is 59.9 Å². The minimum absolute atomic E-state index is 0.306. The summed E-state index contributed by atoms with van der Waals surface area (Å²) in [5.41, 5.74) is 1.42. The molecule has 5 nitrogen and oxygen atoms in total. The maximum absolute atomic E-state index is 12.8. The summed E-state index contributed by atoms with van der Waals surface area (Å²) in [6.07, 6.45) is 0.152. The molecule has 0 amide bonds. The first-order chi connectivity index (χ1) is 14.3. The number of pyridine rings is 1. The number of ether oxygens (including phenoxy) is 1. The van der Waals surface area contributed by atoms with Crippen molar-refractivity contribution in [1.82, 2.24) is 15.0 Å². The average Bonchev–Trinajstić information content (AvgIpc) is 2.71. The van der Waals surface area contributed by atoms with E-state index in [0.717, 1.165) is 29.8 Å². The summed E-state index contributed by atoms with van der Waals surface area (Å²) in [6.45, 7) is 4.13. The van der Waals surface area contributed by atoms with Crippen LogP contribution in [0.2, 0.25) is 5.02 Å². The molecule has 2 aromatic heterocycles. The second-order valence-corrected chi connectivity index (χ2v) is 6.98. The van der Waals surface area contributed by atoms with Gasteiger partial charge in [0.2, 0.25) is 5.88 Å². The Hall–Kier alpha value is -2.87. The zero-order valence-corrected chi connectivity index (χ0v) is 17.2. The molecule has 0 aliphatic rings. The molecule has 0 atom stereocenters. The number of anilines is 1. The van der Waals surface area contributed by atoms with Crippen LogP contribution in [0.5, 0.6) is 11.6 Å². The SMILES string of the molecule is CCc1ncnc(NCCc2ccc(Oc3ccc(C(F)(F)F)cc3C)nc2)c1Cl. The number of benzene rings is 1. The summed E-state index contributed by atoms with van der Waals surface area (Å²) < 4.78 is 43.9. The molecule has 3 rings (SSSR count). The molecule has 9 heteroatoms. The molecule has 0 spiro atoms. The fraction of sp³-hybridized carbons (Fsp3) is 0.286. The van der Waals surface area contributed by atoms with Crippen LogP contribution in [-0.2, 0) is 19.0 Å². The molecule has 1 N–H and O–H groups in total. The van der Waals surface area contributed by atoms with Crippen LogP contribution in [0.1, 0.15) is 29.3 Å². The van der Waals surface area contributed by atoms with Gasteiger partial charge in [-0.2, -0.15) is 13.2 Å². The Kier molecular flexibility index (Phi) is 6.77. The van der Waals surface area contributed by atoms with Crippen molar-refractivity contribution in [2.75, 3.05) is 11.9 Å². The molecule has 30 heavy (non-hydrogen) atoms. The number of rotatable bonds is 7. The fourth-order valence-electron chi connectivity index (χ4n) is 2.77. The Morgan fingerprint density at radius 2 is 1.90 bits per heavy atom. The Bertz CT molecular complexity index is 1010. The molecule has 0 saturated carbocycles. The molecule has 0 aliphatic carbocycles. The molecular formula is C21H20ClF3N4O. The van der Waals surface area contributed by atoms with Crippen LogP contribution in [0.4, 0.5) is 19.0 Å². The lowest BCUT2D eigenvalue weighted by molar-refractivity contribution is -0.137. The Morgan fingerprint density at radius 1 is 1.10 bits per heavy atom. The molecule has 0 unspecified atom stereocenters. The number of aromatic nitrogens is 3. The zero-order valence-electron chi connectivity index (χ0n) is 16.4. The van der Waals surface area contributed by atoms with E-state index < -0.39 is 11.7 Å². The van der Waals surface area contributed by atoms with Crippen molar-refractivity contribution < 1.29 is 17.9 Å². The van der Waals surface area contributed by atoms with E-state index in [1.54, 1.807) is 19.2 Å². The number of nitrogens with zero attached hydrogens (tertiary/aromatic N) is 3. The Morgan fingerprint density at radius 3 is 2.53 bits per heavy atom. The summed E-state index contributed by atoms with van der Waals surface area (Å²) in [5, 5.41) is 3.70. The number of halogens is 4. The third kappa shape index (κ3) is 5.38. The van der Waals surface area contributed by atoms with Crippen LogP contribution in [0.15, 0.2) is 42.9 Å². The van der Waals surface area contributed by atoms with E-state index in [4.69, 9.17) is 16.3 Å². The van der Waals surface area contributed by atoms with Gasteiger partial charge in [0.15, 0.2) is 0 Å².